The molecule has 0 aromatic carbocycles. The van der Waals surface area contributed by atoms with Crippen molar-refractivity contribution < 1.29 is 0 Å². The number of nitrogens with zero attached hydrogens (tertiary/aromatic N) is 1. The van der Waals surface area contributed by atoms with Gasteiger partial charge in [0.2, 0.25) is 0 Å². The van der Waals surface area contributed by atoms with Crippen molar-refractivity contribution in [2.24, 2.45) is 0 Å². The number of nitrogens with one attached hydrogen (secondary N) is 1. The van der Waals surface area contributed by atoms with E-state index in [2.05, 4.69) is 24.3 Å². The fourth-order valence-corrected chi connectivity index (χ4v) is 2.83. The van der Waals surface area contributed by atoms with Gasteiger partial charge in [-0.05, 0) is 39.8 Å². The highest BCUT2D eigenvalue weighted by Gasteiger charge is 2.34. The van der Waals surface area contributed by atoms with Crippen LogP contribution in [0.25, 0.3) is 0 Å². The first-order valence-corrected chi connectivity index (χ1v) is 5.72. The summed E-state index contributed by atoms with van der Waals surface area (Å²) in [4.78, 5) is 2.64. The Morgan fingerprint density at radius 1 is 1.08 bits per heavy atom. The highest BCUT2D eigenvalue weighted by molar-refractivity contribution is 4.92. The molecule has 0 aromatic rings. The predicted molar refractivity (Wildman–Crippen MR) is 55.9 cm³/mol. The predicted octanol–water partition coefficient (Wildman–Crippen LogP) is 1.61. The molecule has 0 radical (unpaired) electrons. The van der Waals surface area contributed by atoms with Crippen LogP contribution < -0.4 is 5.32 Å². The van der Waals surface area contributed by atoms with Gasteiger partial charge in [-0.25, -0.2) is 0 Å². The third-order valence-corrected chi connectivity index (χ3v) is 4.02. The molecule has 0 heterocycles. The smallest absolute Gasteiger partial charge is 0.0249 e. The highest BCUT2D eigenvalue weighted by Crippen LogP contribution is 2.31. The van der Waals surface area contributed by atoms with E-state index >= 15 is 0 Å². The summed E-state index contributed by atoms with van der Waals surface area (Å²) in [5.41, 5.74) is 0. The Morgan fingerprint density at radius 3 is 2.31 bits per heavy atom. The molecule has 2 fully saturated rings. The van der Waals surface area contributed by atoms with Crippen LogP contribution in [0.3, 0.4) is 0 Å². The van der Waals surface area contributed by atoms with Gasteiger partial charge in [0.1, 0.15) is 0 Å². The van der Waals surface area contributed by atoms with Crippen molar-refractivity contribution in [3.8, 4) is 0 Å². The number of hydrogen-bond donors (Lipinski definition) is 1. The molecule has 1 N–H and O–H groups in total. The first kappa shape index (κ1) is 9.47. The third-order valence-electron chi connectivity index (χ3n) is 4.02. The van der Waals surface area contributed by atoms with Gasteiger partial charge in [0, 0.05) is 18.1 Å². The molecule has 2 atom stereocenters. The van der Waals surface area contributed by atoms with Crippen LogP contribution >= 0.6 is 0 Å². The normalized spacial score (nSPS) is 35.3. The van der Waals surface area contributed by atoms with Crippen molar-refractivity contribution in [3.63, 3.8) is 0 Å². The summed E-state index contributed by atoms with van der Waals surface area (Å²) in [6.45, 7) is 0. The van der Waals surface area contributed by atoms with Crippen LogP contribution in [-0.2, 0) is 0 Å². The van der Waals surface area contributed by atoms with Gasteiger partial charge in [0.15, 0.2) is 0 Å². The first-order chi connectivity index (χ1) is 6.33. The van der Waals surface area contributed by atoms with Gasteiger partial charge < -0.3 is 5.32 Å². The lowest BCUT2D eigenvalue weighted by Gasteiger charge is -2.40. The zero-order valence-electron chi connectivity index (χ0n) is 8.92. The van der Waals surface area contributed by atoms with Crippen molar-refractivity contribution >= 4 is 0 Å². The Labute approximate surface area is 81.7 Å². The second-order valence-electron chi connectivity index (χ2n) is 4.64. The third kappa shape index (κ3) is 1.75. The number of hydrogen-bond acceptors (Lipinski definition) is 2. The van der Waals surface area contributed by atoms with Crippen LogP contribution in [0.15, 0.2) is 0 Å². The van der Waals surface area contributed by atoms with E-state index in [1.54, 1.807) is 0 Å². The minimum atomic E-state index is 0.755. The summed E-state index contributed by atoms with van der Waals surface area (Å²) in [5, 5.41) is 3.46. The maximum atomic E-state index is 3.46. The molecule has 2 heteroatoms. The Hall–Kier alpha value is -0.0800. The topological polar surface area (TPSA) is 15.3 Å². The fraction of sp³-hybridized carbons (Fsp3) is 1.00. The minimum absolute atomic E-state index is 0.755. The summed E-state index contributed by atoms with van der Waals surface area (Å²) in [7, 11) is 4.43. The molecule has 0 spiro atoms. The van der Waals surface area contributed by atoms with E-state index in [9.17, 15) is 0 Å². The molecule has 2 aliphatic carbocycles. The van der Waals surface area contributed by atoms with E-state index in [-0.39, 0.29) is 0 Å². The van der Waals surface area contributed by atoms with E-state index < -0.39 is 0 Å². The molecule has 2 nitrogen and oxygen atoms in total. The van der Waals surface area contributed by atoms with Crippen LogP contribution in [-0.4, -0.2) is 37.1 Å². The maximum absolute atomic E-state index is 3.46. The van der Waals surface area contributed by atoms with Crippen molar-refractivity contribution in [3.05, 3.63) is 0 Å². The van der Waals surface area contributed by atoms with Crippen molar-refractivity contribution in [2.75, 3.05) is 14.1 Å². The Balaban J connectivity index is 1.90. The molecule has 0 amide bonds. The lowest BCUT2D eigenvalue weighted by atomic mass is 9.90. The largest absolute Gasteiger partial charge is 0.315 e. The Morgan fingerprint density at radius 2 is 1.77 bits per heavy atom. The lowest BCUT2D eigenvalue weighted by Crippen LogP contribution is -2.50. The Kier molecular flexibility index (Phi) is 2.89. The number of rotatable bonds is 3. The van der Waals surface area contributed by atoms with Gasteiger partial charge in [0.05, 0.1) is 0 Å². The van der Waals surface area contributed by atoms with Gasteiger partial charge in [0.25, 0.3) is 0 Å². The maximum Gasteiger partial charge on any atom is 0.0249 e. The average molecular weight is 182 g/mol. The lowest BCUT2D eigenvalue weighted by molar-refractivity contribution is 0.0991. The van der Waals surface area contributed by atoms with E-state index in [4.69, 9.17) is 0 Å². The summed E-state index contributed by atoms with van der Waals surface area (Å²) < 4.78 is 0. The minimum Gasteiger partial charge on any atom is -0.315 e. The molecule has 13 heavy (non-hydrogen) atoms. The summed E-state index contributed by atoms with van der Waals surface area (Å²) in [5.74, 6) is 0. The monoisotopic (exact) mass is 182 g/mol. The van der Waals surface area contributed by atoms with Crippen molar-refractivity contribution in [1.29, 1.82) is 0 Å². The van der Waals surface area contributed by atoms with Gasteiger partial charge in [-0.1, -0.05) is 12.8 Å². The highest BCUT2D eigenvalue weighted by atomic mass is 15.2. The average Bonchev–Trinajstić information content (AvgIpc) is 2.47. The standard InChI is InChI=1S/C11H22N2/c1-12-10-7-4-8-11(10)13(2)9-5-3-6-9/h9-12H,3-8H2,1-2H3. The van der Waals surface area contributed by atoms with Crippen molar-refractivity contribution in [2.45, 2.75) is 56.7 Å². The van der Waals surface area contributed by atoms with Gasteiger partial charge >= 0.3 is 0 Å². The Bertz CT molecular complexity index is 165. The summed E-state index contributed by atoms with van der Waals surface area (Å²) in [6, 6.07) is 2.47. The van der Waals surface area contributed by atoms with Crippen LogP contribution in [0.5, 0.6) is 0 Å². The fourth-order valence-electron chi connectivity index (χ4n) is 2.83. The molecule has 0 bridgehead atoms. The van der Waals surface area contributed by atoms with Gasteiger partial charge in [-0.3, -0.25) is 4.90 Å². The van der Waals surface area contributed by atoms with Crippen LogP contribution in [0, 0.1) is 0 Å². The van der Waals surface area contributed by atoms with E-state index in [0.29, 0.717) is 0 Å². The van der Waals surface area contributed by atoms with E-state index in [0.717, 1.165) is 18.1 Å². The molecule has 2 aliphatic rings. The van der Waals surface area contributed by atoms with Crippen LogP contribution in [0.4, 0.5) is 0 Å². The zero-order valence-corrected chi connectivity index (χ0v) is 8.92. The molecular weight excluding hydrogens is 160 g/mol. The van der Waals surface area contributed by atoms with Gasteiger partial charge in [-0.2, -0.15) is 0 Å². The summed E-state index contributed by atoms with van der Waals surface area (Å²) in [6.07, 6.45) is 8.50. The molecule has 2 rings (SSSR count). The molecule has 0 aliphatic heterocycles. The molecule has 0 saturated heterocycles. The quantitative estimate of drug-likeness (QED) is 0.713. The summed E-state index contributed by atoms with van der Waals surface area (Å²) >= 11 is 0. The first-order valence-electron chi connectivity index (χ1n) is 5.72. The molecule has 2 unspecified atom stereocenters. The molecule has 76 valence electrons. The second-order valence-corrected chi connectivity index (χ2v) is 4.64. The van der Waals surface area contributed by atoms with Crippen LogP contribution in [0.1, 0.15) is 38.5 Å². The molecule has 2 saturated carbocycles. The van der Waals surface area contributed by atoms with Crippen molar-refractivity contribution in [1.82, 2.24) is 10.2 Å². The zero-order chi connectivity index (χ0) is 9.26. The second kappa shape index (κ2) is 3.97. The SMILES string of the molecule is CNC1CCCC1N(C)C1CCC1. The molecule has 0 aromatic heterocycles. The van der Waals surface area contributed by atoms with Gasteiger partial charge in [-0.15, -0.1) is 0 Å². The number of likely N-dealkylation sites (N-methyl/N-ethyl adjacent to an activating group) is 2. The molecular formula is C11H22N2. The van der Waals surface area contributed by atoms with E-state index in [1.165, 1.54) is 38.5 Å². The van der Waals surface area contributed by atoms with Crippen LogP contribution in [0.2, 0.25) is 0 Å². The van der Waals surface area contributed by atoms with E-state index in [1.807, 2.05) is 0 Å².